The zero-order valence-corrected chi connectivity index (χ0v) is 9.03. The molecule has 0 saturated heterocycles. The highest BCUT2D eigenvalue weighted by molar-refractivity contribution is 5.80. The molecule has 0 radical (unpaired) electrons. The number of nitrogens with two attached hydrogens (primary N) is 1. The summed E-state index contributed by atoms with van der Waals surface area (Å²) < 4.78 is 13.5. The van der Waals surface area contributed by atoms with Gasteiger partial charge in [-0.1, -0.05) is 18.2 Å². The number of carboxylic acids is 1. The van der Waals surface area contributed by atoms with Crippen LogP contribution in [0.25, 0.3) is 0 Å². The van der Waals surface area contributed by atoms with Crippen molar-refractivity contribution in [3.63, 3.8) is 0 Å². The molecule has 88 valence electrons. The van der Waals surface area contributed by atoms with E-state index in [1.54, 1.807) is 6.07 Å². The Balaban J connectivity index is 3.11. The van der Waals surface area contributed by atoms with Gasteiger partial charge in [0.15, 0.2) is 0 Å². The Labute approximate surface area is 93.3 Å². The summed E-state index contributed by atoms with van der Waals surface area (Å²) in [6.07, 6.45) is 0. The second kappa shape index (κ2) is 5.05. The lowest BCUT2D eigenvalue weighted by atomic mass is 9.91. The number of carboxylic acid groups (broad SMARTS) is 1. The van der Waals surface area contributed by atoms with Crippen molar-refractivity contribution in [3.05, 3.63) is 35.6 Å². The number of carbonyl (C=O) groups is 1. The molecule has 0 heterocycles. The molecule has 0 aliphatic carbocycles. The van der Waals surface area contributed by atoms with Gasteiger partial charge < -0.3 is 10.8 Å². The van der Waals surface area contributed by atoms with Crippen molar-refractivity contribution in [2.75, 3.05) is 13.1 Å². The molecule has 0 fully saturated rings. The third kappa shape index (κ3) is 2.37. The zero-order chi connectivity index (χ0) is 12.2. The van der Waals surface area contributed by atoms with Crippen molar-refractivity contribution in [2.45, 2.75) is 12.5 Å². The Morgan fingerprint density at radius 2 is 2.19 bits per heavy atom. The molecule has 16 heavy (non-hydrogen) atoms. The van der Waals surface area contributed by atoms with Crippen molar-refractivity contribution in [1.29, 1.82) is 0 Å². The number of nitrogens with one attached hydrogen (secondary N) is 1. The second-order valence-electron chi connectivity index (χ2n) is 3.63. The largest absolute Gasteiger partial charge is 0.480 e. The van der Waals surface area contributed by atoms with E-state index in [4.69, 9.17) is 10.8 Å². The highest BCUT2D eigenvalue weighted by atomic mass is 19.1. The number of hydrogen-bond acceptors (Lipinski definition) is 3. The molecule has 1 aromatic carbocycles. The number of aliphatic carboxylic acids is 1. The van der Waals surface area contributed by atoms with E-state index in [2.05, 4.69) is 5.32 Å². The molecule has 1 atom stereocenters. The lowest BCUT2D eigenvalue weighted by Crippen LogP contribution is -2.48. The molecule has 0 aliphatic heterocycles. The second-order valence-corrected chi connectivity index (χ2v) is 3.63. The molecule has 0 saturated carbocycles. The van der Waals surface area contributed by atoms with E-state index in [0.29, 0.717) is 6.54 Å². The van der Waals surface area contributed by atoms with Crippen LogP contribution in [-0.2, 0) is 10.3 Å². The smallest absolute Gasteiger partial charge is 0.328 e. The molecule has 4 N–H and O–H groups in total. The van der Waals surface area contributed by atoms with Crippen molar-refractivity contribution >= 4 is 5.97 Å². The van der Waals surface area contributed by atoms with Crippen LogP contribution >= 0.6 is 0 Å². The van der Waals surface area contributed by atoms with E-state index >= 15 is 0 Å². The summed E-state index contributed by atoms with van der Waals surface area (Å²) in [7, 11) is 0. The molecular weight excluding hydrogens is 211 g/mol. The average molecular weight is 226 g/mol. The summed E-state index contributed by atoms with van der Waals surface area (Å²) in [4.78, 5) is 11.2. The zero-order valence-electron chi connectivity index (χ0n) is 9.03. The lowest BCUT2D eigenvalue weighted by Gasteiger charge is -2.27. The van der Waals surface area contributed by atoms with E-state index in [0.717, 1.165) is 0 Å². The molecule has 1 rings (SSSR count). The topological polar surface area (TPSA) is 75.3 Å². The van der Waals surface area contributed by atoms with Gasteiger partial charge in [0.05, 0.1) is 0 Å². The molecule has 1 unspecified atom stereocenters. The van der Waals surface area contributed by atoms with Crippen LogP contribution < -0.4 is 11.1 Å². The van der Waals surface area contributed by atoms with Gasteiger partial charge >= 0.3 is 5.97 Å². The van der Waals surface area contributed by atoms with E-state index in [9.17, 15) is 9.18 Å². The van der Waals surface area contributed by atoms with Crippen LogP contribution in [0.3, 0.4) is 0 Å². The molecule has 5 heteroatoms. The summed E-state index contributed by atoms with van der Waals surface area (Å²) in [5.74, 6) is -1.68. The highest BCUT2D eigenvalue weighted by Gasteiger charge is 2.36. The maximum Gasteiger partial charge on any atom is 0.328 e. The van der Waals surface area contributed by atoms with Crippen LogP contribution in [0, 0.1) is 5.82 Å². The number of hydrogen-bond donors (Lipinski definition) is 3. The fourth-order valence-corrected chi connectivity index (χ4v) is 1.47. The molecule has 1 aromatic rings. The van der Waals surface area contributed by atoms with Gasteiger partial charge in [0, 0.05) is 18.7 Å². The molecule has 0 amide bonds. The predicted molar refractivity (Wildman–Crippen MR) is 58.4 cm³/mol. The van der Waals surface area contributed by atoms with Gasteiger partial charge in [-0.3, -0.25) is 5.32 Å². The van der Waals surface area contributed by atoms with Gasteiger partial charge in [0.2, 0.25) is 0 Å². The Bertz CT molecular complexity index is 384. The molecule has 0 aliphatic rings. The Morgan fingerprint density at radius 3 is 2.69 bits per heavy atom. The van der Waals surface area contributed by atoms with Crippen LogP contribution in [0.1, 0.15) is 12.5 Å². The average Bonchev–Trinajstić information content (AvgIpc) is 2.26. The fraction of sp³-hybridized carbons (Fsp3) is 0.364. The van der Waals surface area contributed by atoms with Gasteiger partial charge in [0.25, 0.3) is 0 Å². The summed E-state index contributed by atoms with van der Waals surface area (Å²) in [5, 5.41) is 11.9. The number of rotatable bonds is 5. The van der Waals surface area contributed by atoms with Crippen LogP contribution in [0.2, 0.25) is 0 Å². The Morgan fingerprint density at radius 1 is 1.56 bits per heavy atom. The SMILES string of the molecule is CC(NCCN)(C(=O)O)c1ccccc1F. The van der Waals surface area contributed by atoms with Gasteiger partial charge in [-0.05, 0) is 13.0 Å². The third-order valence-electron chi connectivity index (χ3n) is 2.46. The Hall–Kier alpha value is -1.46. The lowest BCUT2D eigenvalue weighted by molar-refractivity contribution is -0.144. The normalized spacial score (nSPS) is 14.4. The first-order chi connectivity index (χ1) is 7.52. The number of halogens is 1. The first-order valence-electron chi connectivity index (χ1n) is 4.96. The first-order valence-corrected chi connectivity index (χ1v) is 4.96. The maximum absolute atomic E-state index is 13.5. The molecule has 4 nitrogen and oxygen atoms in total. The van der Waals surface area contributed by atoms with Gasteiger partial charge in [-0.25, -0.2) is 9.18 Å². The van der Waals surface area contributed by atoms with E-state index in [-0.39, 0.29) is 12.1 Å². The van der Waals surface area contributed by atoms with Crippen molar-refractivity contribution < 1.29 is 14.3 Å². The maximum atomic E-state index is 13.5. The van der Waals surface area contributed by atoms with Crippen molar-refractivity contribution in [3.8, 4) is 0 Å². The minimum Gasteiger partial charge on any atom is -0.480 e. The van der Waals surface area contributed by atoms with Gasteiger partial charge in [-0.2, -0.15) is 0 Å². The first kappa shape index (κ1) is 12.6. The van der Waals surface area contributed by atoms with Crippen LogP contribution in [0.4, 0.5) is 4.39 Å². The quantitative estimate of drug-likeness (QED) is 0.690. The van der Waals surface area contributed by atoms with Gasteiger partial charge in [-0.15, -0.1) is 0 Å². The summed E-state index contributed by atoms with van der Waals surface area (Å²) in [5.41, 5.74) is 3.96. The van der Waals surface area contributed by atoms with E-state index in [1.165, 1.54) is 25.1 Å². The molecular formula is C11H15FN2O2. The summed E-state index contributed by atoms with van der Waals surface area (Å²) in [6.45, 7) is 2.01. The van der Waals surface area contributed by atoms with Gasteiger partial charge in [0.1, 0.15) is 11.4 Å². The standard InChI is InChI=1S/C11H15FN2O2/c1-11(10(15)16,14-7-6-13)8-4-2-3-5-9(8)12/h2-5,14H,6-7,13H2,1H3,(H,15,16). The van der Waals surface area contributed by atoms with Crippen LogP contribution in [-0.4, -0.2) is 24.2 Å². The molecule has 0 spiro atoms. The predicted octanol–water partition coefficient (Wildman–Crippen LogP) is 0.674. The highest BCUT2D eigenvalue weighted by Crippen LogP contribution is 2.23. The van der Waals surface area contributed by atoms with Crippen molar-refractivity contribution in [1.82, 2.24) is 5.32 Å². The third-order valence-corrected chi connectivity index (χ3v) is 2.46. The van der Waals surface area contributed by atoms with Crippen LogP contribution in [0.5, 0.6) is 0 Å². The monoisotopic (exact) mass is 226 g/mol. The fourth-order valence-electron chi connectivity index (χ4n) is 1.47. The Kier molecular flexibility index (Phi) is 3.98. The molecule has 0 aromatic heterocycles. The molecule has 0 bridgehead atoms. The summed E-state index contributed by atoms with van der Waals surface area (Å²) >= 11 is 0. The minimum atomic E-state index is -1.45. The minimum absolute atomic E-state index is 0.107. The van der Waals surface area contributed by atoms with E-state index < -0.39 is 17.3 Å². The number of benzene rings is 1. The van der Waals surface area contributed by atoms with Crippen molar-refractivity contribution in [2.24, 2.45) is 5.73 Å². The summed E-state index contributed by atoms with van der Waals surface area (Å²) in [6, 6.07) is 5.81. The van der Waals surface area contributed by atoms with E-state index in [1.807, 2.05) is 0 Å². The van der Waals surface area contributed by atoms with Crippen LogP contribution in [0.15, 0.2) is 24.3 Å².